The van der Waals surface area contributed by atoms with Gasteiger partial charge in [-0.2, -0.15) is 0 Å². The molecule has 1 aromatic rings. The van der Waals surface area contributed by atoms with Gasteiger partial charge in [0.25, 0.3) is 0 Å². The number of ether oxygens (including phenoxy) is 3. The fourth-order valence-electron chi connectivity index (χ4n) is 6.92. The lowest BCUT2D eigenvalue weighted by Gasteiger charge is -2.43. The first-order chi connectivity index (χ1) is 19.8. The van der Waals surface area contributed by atoms with Gasteiger partial charge in [0.2, 0.25) is 0 Å². The molecule has 6 atom stereocenters. The second kappa shape index (κ2) is 14.1. The molecule has 1 aromatic carbocycles. The zero-order chi connectivity index (χ0) is 30.5. The van der Waals surface area contributed by atoms with Crippen LogP contribution in [0.25, 0.3) is 0 Å². The summed E-state index contributed by atoms with van der Waals surface area (Å²) in [5.74, 6) is 1.19. The number of methoxy groups -OCH3 is 1. The summed E-state index contributed by atoms with van der Waals surface area (Å²) in [5, 5.41) is 1.67. The number of benzene rings is 1. The van der Waals surface area contributed by atoms with Crippen molar-refractivity contribution in [3.63, 3.8) is 0 Å². The summed E-state index contributed by atoms with van der Waals surface area (Å²) in [4.78, 5) is 11.8. The molecule has 4 unspecified atom stereocenters. The van der Waals surface area contributed by atoms with Gasteiger partial charge in [0.1, 0.15) is 0 Å². The highest BCUT2D eigenvalue weighted by atomic mass is 28.4. The van der Waals surface area contributed by atoms with E-state index in [2.05, 4.69) is 95.5 Å². The molecule has 0 N–H and O–H groups in total. The number of carbonyl (C=O) groups is 1. The third-order valence-electron chi connectivity index (χ3n) is 10.7. The molecule has 7 heteroatoms. The van der Waals surface area contributed by atoms with E-state index in [-0.39, 0.29) is 23.4 Å². The second-order valence-electron chi connectivity index (χ2n) is 14.8. The van der Waals surface area contributed by atoms with Crippen LogP contribution in [0.15, 0.2) is 54.1 Å². The minimum absolute atomic E-state index is 0.0909. The highest BCUT2D eigenvalue weighted by Crippen LogP contribution is 2.53. The van der Waals surface area contributed by atoms with Crippen molar-refractivity contribution in [2.45, 2.75) is 115 Å². The van der Waals surface area contributed by atoms with Crippen LogP contribution in [0.3, 0.4) is 0 Å². The van der Waals surface area contributed by atoms with Crippen LogP contribution in [0.4, 0.5) is 0 Å². The molecule has 1 aliphatic heterocycles. The SMILES string of the molecule is COC(=O)CCC=CC1=C[C@@H]2CC(OC3CCCCO3)C(CO[Si](C)(C)C(C)(C)C)[C@@H]2CC1[Si](C)(C)c1ccccc1. The van der Waals surface area contributed by atoms with Crippen LogP contribution in [0, 0.1) is 17.8 Å². The van der Waals surface area contributed by atoms with Crippen LogP contribution >= 0.6 is 0 Å². The van der Waals surface area contributed by atoms with Gasteiger partial charge in [0, 0.05) is 25.6 Å². The standard InChI is InChI=1S/C35H56O5Si2/c1-35(2,3)42(7,8)39-25-30-29-24-32(41(5,6)28-17-10-9-11-18-28)26(16-12-13-19-33(36)37-4)22-27(29)23-31(30)40-34-20-14-15-21-38-34/h9-12,16-18,22,27,29-32,34H,13-15,19-21,23-25H2,1-8H3/t27-,29-,30?,31?,32?,34?/m1/s1. The van der Waals surface area contributed by atoms with E-state index in [1.165, 1.54) is 24.3 Å². The summed E-state index contributed by atoms with van der Waals surface area (Å²) in [6.07, 6.45) is 13.7. The van der Waals surface area contributed by atoms with E-state index in [1.807, 2.05) is 0 Å². The summed E-state index contributed by atoms with van der Waals surface area (Å²) in [6.45, 7) is 18.3. The predicted molar refractivity (Wildman–Crippen MR) is 177 cm³/mol. The Morgan fingerprint density at radius 2 is 1.81 bits per heavy atom. The Morgan fingerprint density at radius 3 is 2.45 bits per heavy atom. The smallest absolute Gasteiger partial charge is 0.305 e. The number of carbonyl (C=O) groups excluding carboxylic acids is 1. The van der Waals surface area contributed by atoms with Crippen molar-refractivity contribution >= 4 is 27.5 Å². The molecule has 3 aliphatic rings. The van der Waals surface area contributed by atoms with Crippen LogP contribution < -0.4 is 5.19 Å². The van der Waals surface area contributed by atoms with Crippen molar-refractivity contribution in [3.05, 3.63) is 54.1 Å². The maximum absolute atomic E-state index is 11.8. The van der Waals surface area contributed by atoms with Gasteiger partial charge < -0.3 is 18.6 Å². The maximum atomic E-state index is 11.8. The van der Waals surface area contributed by atoms with Crippen LogP contribution in [0.1, 0.15) is 65.7 Å². The average Bonchev–Trinajstić information content (AvgIpc) is 3.29. The molecule has 0 amide bonds. The molecule has 2 aliphatic carbocycles. The van der Waals surface area contributed by atoms with E-state index in [0.717, 1.165) is 38.9 Å². The zero-order valence-corrected chi connectivity index (χ0v) is 29.5. The summed E-state index contributed by atoms with van der Waals surface area (Å²) < 4.78 is 24.7. The van der Waals surface area contributed by atoms with Crippen molar-refractivity contribution in [2.24, 2.45) is 17.8 Å². The molecule has 1 saturated carbocycles. The summed E-state index contributed by atoms with van der Waals surface area (Å²) in [5.41, 5.74) is 1.93. The van der Waals surface area contributed by atoms with E-state index >= 15 is 0 Å². The molecule has 1 saturated heterocycles. The van der Waals surface area contributed by atoms with Gasteiger partial charge in [0.15, 0.2) is 14.6 Å². The van der Waals surface area contributed by atoms with Gasteiger partial charge in [-0.3, -0.25) is 4.79 Å². The molecule has 5 nitrogen and oxygen atoms in total. The lowest BCUT2D eigenvalue weighted by Crippen LogP contribution is -2.49. The minimum atomic E-state index is -1.91. The Labute approximate surface area is 257 Å². The fourth-order valence-corrected chi connectivity index (χ4v) is 11.3. The molecule has 4 rings (SSSR count). The molecule has 1 heterocycles. The zero-order valence-electron chi connectivity index (χ0n) is 27.5. The lowest BCUT2D eigenvalue weighted by atomic mass is 9.78. The van der Waals surface area contributed by atoms with Gasteiger partial charge in [-0.05, 0) is 74.0 Å². The molecule has 2 fully saturated rings. The van der Waals surface area contributed by atoms with Gasteiger partial charge in [-0.25, -0.2) is 0 Å². The Kier molecular flexibility index (Phi) is 11.2. The lowest BCUT2D eigenvalue weighted by molar-refractivity contribution is -0.197. The van der Waals surface area contributed by atoms with Gasteiger partial charge in [-0.1, -0.05) is 93.2 Å². The van der Waals surface area contributed by atoms with E-state index in [0.29, 0.717) is 36.1 Å². The van der Waals surface area contributed by atoms with Gasteiger partial charge in [0.05, 0.1) is 21.3 Å². The Morgan fingerprint density at radius 1 is 1.07 bits per heavy atom. The monoisotopic (exact) mass is 612 g/mol. The number of esters is 1. The molecular formula is C35H56O5Si2. The summed E-state index contributed by atoms with van der Waals surface area (Å²) >= 11 is 0. The number of rotatable bonds is 11. The minimum Gasteiger partial charge on any atom is -0.469 e. The van der Waals surface area contributed by atoms with E-state index in [4.69, 9.17) is 18.6 Å². The molecule has 0 spiro atoms. The van der Waals surface area contributed by atoms with Crippen molar-refractivity contribution in [2.75, 3.05) is 20.3 Å². The molecule has 0 aromatic heterocycles. The van der Waals surface area contributed by atoms with Crippen molar-refractivity contribution in [3.8, 4) is 0 Å². The Balaban J connectivity index is 1.64. The number of hydrogen-bond donors (Lipinski definition) is 0. The molecular weight excluding hydrogens is 557 g/mol. The highest BCUT2D eigenvalue weighted by Gasteiger charge is 2.51. The number of allylic oxidation sites excluding steroid dienone is 4. The fraction of sp³-hybridized carbons (Fsp3) is 0.686. The van der Waals surface area contributed by atoms with Crippen molar-refractivity contribution < 1.29 is 23.4 Å². The normalized spacial score (nSPS) is 28.9. The van der Waals surface area contributed by atoms with E-state index in [9.17, 15) is 4.79 Å². The second-order valence-corrected chi connectivity index (χ2v) is 24.4. The van der Waals surface area contributed by atoms with Crippen molar-refractivity contribution in [1.29, 1.82) is 0 Å². The molecule has 234 valence electrons. The first-order valence-electron chi connectivity index (χ1n) is 16.2. The highest BCUT2D eigenvalue weighted by molar-refractivity contribution is 6.91. The third kappa shape index (κ3) is 7.95. The first-order valence-corrected chi connectivity index (χ1v) is 22.2. The van der Waals surface area contributed by atoms with Crippen LogP contribution in [-0.2, 0) is 23.4 Å². The summed E-state index contributed by atoms with van der Waals surface area (Å²) in [7, 11) is -2.33. The largest absolute Gasteiger partial charge is 0.469 e. The predicted octanol–water partition coefficient (Wildman–Crippen LogP) is 8.00. The maximum Gasteiger partial charge on any atom is 0.305 e. The van der Waals surface area contributed by atoms with Crippen molar-refractivity contribution in [1.82, 2.24) is 0 Å². The van der Waals surface area contributed by atoms with Gasteiger partial charge >= 0.3 is 5.97 Å². The third-order valence-corrected chi connectivity index (χ3v) is 19.4. The number of fused-ring (bicyclic) bond motifs is 1. The Bertz CT molecular complexity index is 1080. The van der Waals surface area contributed by atoms with Gasteiger partial charge in [-0.15, -0.1) is 0 Å². The topological polar surface area (TPSA) is 54.0 Å². The van der Waals surface area contributed by atoms with E-state index in [1.54, 1.807) is 0 Å². The molecule has 0 bridgehead atoms. The van der Waals surface area contributed by atoms with Crippen LogP contribution in [0.2, 0.25) is 36.8 Å². The summed E-state index contributed by atoms with van der Waals surface area (Å²) in [6, 6.07) is 11.1. The molecule has 0 radical (unpaired) electrons. The Hall–Kier alpha value is -1.52. The first kappa shape index (κ1) is 33.4. The van der Waals surface area contributed by atoms with Crippen LogP contribution in [0.5, 0.6) is 0 Å². The van der Waals surface area contributed by atoms with Crippen LogP contribution in [-0.4, -0.2) is 55.1 Å². The average molecular weight is 613 g/mol. The number of hydrogen-bond acceptors (Lipinski definition) is 5. The van der Waals surface area contributed by atoms with E-state index < -0.39 is 16.4 Å². The quantitative estimate of drug-likeness (QED) is 0.187. The molecule has 42 heavy (non-hydrogen) atoms.